The number of para-hydroxylation sites is 1. The SMILES string of the molecule is COCc1c(C(=O)Nc2ccc(N(C)C(=O)OC)cc2)oc2ccccc12. The summed E-state index contributed by atoms with van der Waals surface area (Å²) < 4.78 is 15.6. The first-order valence-corrected chi connectivity index (χ1v) is 8.27. The molecule has 7 nitrogen and oxygen atoms in total. The third kappa shape index (κ3) is 3.78. The predicted octanol–water partition coefficient (Wildman–Crippen LogP) is 4.03. The maximum atomic E-state index is 12.7. The molecule has 27 heavy (non-hydrogen) atoms. The molecule has 7 heteroatoms. The zero-order chi connectivity index (χ0) is 19.4. The van der Waals surface area contributed by atoms with E-state index < -0.39 is 6.09 Å². The second-order valence-electron chi connectivity index (χ2n) is 5.87. The Kier molecular flexibility index (Phi) is 5.42. The molecule has 1 aromatic heterocycles. The monoisotopic (exact) mass is 368 g/mol. The summed E-state index contributed by atoms with van der Waals surface area (Å²) in [6.45, 7) is 0.266. The average molecular weight is 368 g/mol. The zero-order valence-electron chi connectivity index (χ0n) is 15.3. The van der Waals surface area contributed by atoms with E-state index in [1.807, 2.05) is 24.3 Å². The Bertz CT molecular complexity index is 962. The van der Waals surface area contributed by atoms with Crippen LogP contribution < -0.4 is 10.2 Å². The molecule has 0 atom stereocenters. The largest absolute Gasteiger partial charge is 0.452 e. The Labute approximate surface area is 156 Å². The molecular weight excluding hydrogens is 348 g/mol. The number of anilines is 2. The lowest BCUT2D eigenvalue weighted by molar-refractivity contribution is 0.0992. The molecule has 0 spiro atoms. The smallest absolute Gasteiger partial charge is 0.413 e. The molecule has 3 aromatic rings. The molecule has 0 saturated heterocycles. The van der Waals surface area contributed by atoms with Gasteiger partial charge in [0.1, 0.15) is 5.58 Å². The first-order chi connectivity index (χ1) is 13.0. The number of ether oxygens (including phenoxy) is 2. The summed E-state index contributed by atoms with van der Waals surface area (Å²) in [5.74, 6) is -0.152. The van der Waals surface area contributed by atoms with Crippen LogP contribution in [0.2, 0.25) is 0 Å². The number of nitrogens with zero attached hydrogens (tertiary/aromatic N) is 1. The molecule has 0 aliphatic rings. The van der Waals surface area contributed by atoms with E-state index in [-0.39, 0.29) is 18.3 Å². The van der Waals surface area contributed by atoms with E-state index >= 15 is 0 Å². The van der Waals surface area contributed by atoms with E-state index in [1.54, 1.807) is 38.4 Å². The molecule has 0 radical (unpaired) electrons. The Morgan fingerprint density at radius 1 is 1.07 bits per heavy atom. The van der Waals surface area contributed by atoms with Crippen molar-refractivity contribution >= 4 is 34.3 Å². The highest BCUT2D eigenvalue weighted by molar-refractivity contribution is 6.06. The highest BCUT2D eigenvalue weighted by Crippen LogP contribution is 2.27. The first kappa shape index (κ1) is 18.5. The van der Waals surface area contributed by atoms with Crippen LogP contribution in [0.3, 0.4) is 0 Å². The van der Waals surface area contributed by atoms with Crippen LogP contribution in [0.15, 0.2) is 52.9 Å². The molecule has 1 N–H and O–H groups in total. The van der Waals surface area contributed by atoms with Crippen molar-refractivity contribution in [2.45, 2.75) is 6.61 Å². The summed E-state index contributed by atoms with van der Waals surface area (Å²) in [7, 11) is 4.49. The second kappa shape index (κ2) is 7.92. The van der Waals surface area contributed by atoms with E-state index in [2.05, 4.69) is 10.1 Å². The average Bonchev–Trinajstić information content (AvgIpc) is 3.06. The van der Waals surface area contributed by atoms with Crippen molar-refractivity contribution in [1.82, 2.24) is 0 Å². The summed E-state index contributed by atoms with van der Waals surface area (Å²) in [5.41, 5.74) is 2.55. The number of nitrogens with one attached hydrogen (secondary N) is 1. The van der Waals surface area contributed by atoms with Gasteiger partial charge in [-0.2, -0.15) is 0 Å². The predicted molar refractivity (Wildman–Crippen MR) is 102 cm³/mol. The lowest BCUT2D eigenvalue weighted by atomic mass is 10.1. The van der Waals surface area contributed by atoms with Crippen molar-refractivity contribution in [3.63, 3.8) is 0 Å². The third-order valence-electron chi connectivity index (χ3n) is 4.15. The number of benzene rings is 2. The van der Waals surface area contributed by atoms with Crippen molar-refractivity contribution in [3.8, 4) is 0 Å². The lowest BCUT2D eigenvalue weighted by Crippen LogP contribution is -2.25. The van der Waals surface area contributed by atoms with Gasteiger partial charge in [-0.15, -0.1) is 0 Å². The number of amides is 2. The highest BCUT2D eigenvalue weighted by Gasteiger charge is 2.20. The van der Waals surface area contributed by atoms with Gasteiger partial charge >= 0.3 is 6.09 Å². The quantitative estimate of drug-likeness (QED) is 0.735. The van der Waals surface area contributed by atoms with Gasteiger partial charge in [-0.25, -0.2) is 4.79 Å². The van der Waals surface area contributed by atoms with Gasteiger partial charge < -0.3 is 19.2 Å². The van der Waals surface area contributed by atoms with Crippen LogP contribution in [0, 0.1) is 0 Å². The fourth-order valence-corrected chi connectivity index (χ4v) is 2.77. The van der Waals surface area contributed by atoms with E-state index in [1.165, 1.54) is 12.0 Å². The van der Waals surface area contributed by atoms with Gasteiger partial charge in [-0.1, -0.05) is 18.2 Å². The van der Waals surface area contributed by atoms with E-state index in [0.717, 1.165) is 5.39 Å². The standard InChI is InChI=1S/C20H20N2O5/c1-22(20(24)26-3)14-10-8-13(9-11-14)21-19(23)18-16(12-25-2)15-6-4-5-7-17(15)27-18/h4-11H,12H2,1-3H3,(H,21,23). The lowest BCUT2D eigenvalue weighted by Gasteiger charge is -2.15. The second-order valence-corrected chi connectivity index (χ2v) is 5.87. The van der Waals surface area contributed by atoms with Crippen molar-refractivity contribution in [2.75, 3.05) is 31.5 Å². The molecule has 140 valence electrons. The number of fused-ring (bicyclic) bond motifs is 1. The van der Waals surface area contributed by atoms with Gasteiger partial charge in [0.15, 0.2) is 5.76 Å². The fourth-order valence-electron chi connectivity index (χ4n) is 2.77. The van der Waals surface area contributed by atoms with Gasteiger partial charge in [0.05, 0.1) is 13.7 Å². The Balaban J connectivity index is 1.82. The molecule has 0 bridgehead atoms. The number of carbonyl (C=O) groups excluding carboxylic acids is 2. The summed E-state index contributed by atoms with van der Waals surface area (Å²) >= 11 is 0. The van der Waals surface area contributed by atoms with E-state index in [0.29, 0.717) is 22.5 Å². The first-order valence-electron chi connectivity index (χ1n) is 8.27. The topological polar surface area (TPSA) is 81.0 Å². The number of methoxy groups -OCH3 is 2. The van der Waals surface area contributed by atoms with Crippen molar-refractivity contribution < 1.29 is 23.5 Å². The van der Waals surface area contributed by atoms with Crippen LogP contribution in [0.1, 0.15) is 16.1 Å². The van der Waals surface area contributed by atoms with E-state index in [4.69, 9.17) is 9.15 Å². The van der Waals surface area contributed by atoms with Crippen molar-refractivity contribution in [2.24, 2.45) is 0 Å². The minimum Gasteiger partial charge on any atom is -0.452 e. The highest BCUT2D eigenvalue weighted by atomic mass is 16.5. The van der Waals surface area contributed by atoms with Crippen molar-refractivity contribution in [3.05, 3.63) is 59.9 Å². The van der Waals surface area contributed by atoms with Crippen molar-refractivity contribution in [1.29, 1.82) is 0 Å². The van der Waals surface area contributed by atoms with Gasteiger partial charge in [0.25, 0.3) is 5.91 Å². The van der Waals surface area contributed by atoms with Crippen LogP contribution in [0.25, 0.3) is 11.0 Å². The van der Waals surface area contributed by atoms with E-state index in [9.17, 15) is 9.59 Å². The molecule has 2 aromatic carbocycles. The van der Waals surface area contributed by atoms with Crippen LogP contribution in [-0.2, 0) is 16.1 Å². The number of rotatable bonds is 5. The van der Waals surface area contributed by atoms with Crippen LogP contribution in [0.5, 0.6) is 0 Å². The molecule has 0 fully saturated rings. The molecule has 0 aliphatic carbocycles. The molecule has 1 heterocycles. The van der Waals surface area contributed by atoms with Gasteiger partial charge in [-0.05, 0) is 30.3 Å². The minimum atomic E-state index is -0.474. The molecule has 0 aliphatic heterocycles. The van der Waals surface area contributed by atoms with Gasteiger partial charge in [0.2, 0.25) is 0 Å². The maximum Gasteiger partial charge on any atom is 0.413 e. The third-order valence-corrected chi connectivity index (χ3v) is 4.15. The fraction of sp³-hybridized carbons (Fsp3) is 0.200. The minimum absolute atomic E-state index is 0.216. The van der Waals surface area contributed by atoms with Crippen LogP contribution >= 0.6 is 0 Å². The van der Waals surface area contributed by atoms with Gasteiger partial charge in [-0.3, -0.25) is 9.69 Å². The molecule has 0 saturated carbocycles. The van der Waals surface area contributed by atoms with Gasteiger partial charge in [0, 0.05) is 36.5 Å². The Hall–Kier alpha value is -3.32. The Morgan fingerprint density at radius 2 is 1.78 bits per heavy atom. The number of hydrogen-bond acceptors (Lipinski definition) is 5. The summed E-state index contributed by atoms with van der Waals surface area (Å²) in [6, 6.07) is 14.2. The number of furan rings is 1. The molecular formula is C20H20N2O5. The number of hydrogen-bond donors (Lipinski definition) is 1. The molecule has 3 rings (SSSR count). The molecule has 2 amide bonds. The molecule has 0 unspecified atom stereocenters. The maximum absolute atomic E-state index is 12.7. The number of carbonyl (C=O) groups is 2. The normalized spacial score (nSPS) is 10.6. The van der Waals surface area contributed by atoms with Crippen LogP contribution in [0.4, 0.5) is 16.2 Å². The zero-order valence-corrected chi connectivity index (χ0v) is 15.3. The Morgan fingerprint density at radius 3 is 2.44 bits per heavy atom. The summed E-state index contributed by atoms with van der Waals surface area (Å²) in [6.07, 6.45) is -0.474. The summed E-state index contributed by atoms with van der Waals surface area (Å²) in [5, 5.41) is 3.65. The summed E-state index contributed by atoms with van der Waals surface area (Å²) in [4.78, 5) is 25.6. The van der Waals surface area contributed by atoms with Crippen LogP contribution in [-0.4, -0.2) is 33.3 Å².